The van der Waals surface area contributed by atoms with Gasteiger partial charge in [-0.3, -0.25) is 9.48 Å². The number of Topliss-reactive ketones (excluding diaryl/α,β-unsaturated/α-hetero) is 1. The fourth-order valence-corrected chi connectivity index (χ4v) is 3.28. The molecule has 0 aromatic carbocycles. The zero-order valence-corrected chi connectivity index (χ0v) is 14.5. The van der Waals surface area contributed by atoms with Gasteiger partial charge >= 0.3 is 0 Å². The lowest BCUT2D eigenvalue weighted by molar-refractivity contribution is -0.119. The maximum absolute atomic E-state index is 12.2. The second-order valence-corrected chi connectivity index (χ2v) is 6.63. The van der Waals surface area contributed by atoms with Crippen LogP contribution in [-0.4, -0.2) is 22.1 Å². The first kappa shape index (κ1) is 17.4. The predicted molar refractivity (Wildman–Crippen MR) is 85.6 cm³/mol. The zero-order chi connectivity index (χ0) is 15.3. The second kappa shape index (κ2) is 7.93. The van der Waals surface area contributed by atoms with Gasteiger partial charge in [0.1, 0.15) is 5.78 Å². The van der Waals surface area contributed by atoms with E-state index in [4.69, 9.17) is 5.73 Å². The molecule has 0 amide bonds. The van der Waals surface area contributed by atoms with Gasteiger partial charge in [0.05, 0.1) is 15.9 Å². The number of hydrogen-bond donors (Lipinski definition) is 1. The Balaban J connectivity index is 2.68. The van der Waals surface area contributed by atoms with Gasteiger partial charge in [0.2, 0.25) is 0 Å². The van der Waals surface area contributed by atoms with Gasteiger partial charge in [0.15, 0.2) is 0 Å². The van der Waals surface area contributed by atoms with Crippen molar-refractivity contribution in [1.29, 1.82) is 0 Å². The SMILES string of the molecule is CCc1nn(C)c(CC(=O)CC(CN)CC(C)C)c1Br. The highest BCUT2D eigenvalue weighted by Crippen LogP contribution is 2.23. The van der Waals surface area contributed by atoms with E-state index in [1.54, 1.807) is 4.68 Å². The second-order valence-electron chi connectivity index (χ2n) is 5.84. The summed E-state index contributed by atoms with van der Waals surface area (Å²) in [4.78, 5) is 12.2. The third-order valence-electron chi connectivity index (χ3n) is 3.52. The molecule has 1 rings (SSSR count). The van der Waals surface area contributed by atoms with Crippen molar-refractivity contribution in [2.24, 2.45) is 24.6 Å². The topological polar surface area (TPSA) is 60.9 Å². The first-order valence-corrected chi connectivity index (χ1v) is 8.10. The molecule has 2 N–H and O–H groups in total. The van der Waals surface area contributed by atoms with Crippen LogP contribution in [0.3, 0.4) is 0 Å². The Morgan fingerprint density at radius 1 is 1.45 bits per heavy atom. The van der Waals surface area contributed by atoms with Gasteiger partial charge in [0, 0.05) is 19.9 Å². The summed E-state index contributed by atoms with van der Waals surface area (Å²) in [7, 11) is 1.89. The summed E-state index contributed by atoms with van der Waals surface area (Å²) in [6.07, 6.45) is 2.86. The van der Waals surface area contributed by atoms with Gasteiger partial charge in [-0.15, -0.1) is 0 Å². The molecule has 0 fully saturated rings. The largest absolute Gasteiger partial charge is 0.330 e. The molecule has 0 aliphatic rings. The molecule has 4 nitrogen and oxygen atoms in total. The number of rotatable bonds is 8. The number of halogens is 1. The number of aromatic nitrogens is 2. The molecule has 1 aromatic heterocycles. The van der Waals surface area contributed by atoms with E-state index in [1.807, 2.05) is 7.05 Å². The van der Waals surface area contributed by atoms with Crippen molar-refractivity contribution in [2.45, 2.75) is 46.5 Å². The minimum Gasteiger partial charge on any atom is -0.330 e. The van der Waals surface area contributed by atoms with Gasteiger partial charge < -0.3 is 5.73 Å². The molecule has 0 spiro atoms. The number of nitrogens with two attached hydrogens (primary N) is 1. The average molecular weight is 344 g/mol. The number of aryl methyl sites for hydroxylation is 2. The number of ketones is 1. The molecule has 1 aromatic rings. The smallest absolute Gasteiger partial charge is 0.139 e. The van der Waals surface area contributed by atoms with E-state index in [0.29, 0.717) is 31.2 Å². The van der Waals surface area contributed by atoms with Gasteiger partial charge in [-0.2, -0.15) is 5.10 Å². The molecular weight excluding hydrogens is 318 g/mol. The summed E-state index contributed by atoms with van der Waals surface area (Å²) >= 11 is 3.55. The van der Waals surface area contributed by atoms with E-state index in [0.717, 1.165) is 28.7 Å². The van der Waals surface area contributed by atoms with Crippen LogP contribution in [0.2, 0.25) is 0 Å². The maximum Gasteiger partial charge on any atom is 0.139 e. The minimum absolute atomic E-state index is 0.243. The van der Waals surface area contributed by atoms with Crippen molar-refractivity contribution in [2.75, 3.05) is 6.54 Å². The first-order valence-electron chi connectivity index (χ1n) is 7.30. The Kier molecular flexibility index (Phi) is 6.89. The minimum atomic E-state index is 0.243. The van der Waals surface area contributed by atoms with Crippen molar-refractivity contribution in [1.82, 2.24) is 9.78 Å². The van der Waals surface area contributed by atoms with Crippen molar-refractivity contribution in [3.63, 3.8) is 0 Å². The molecule has 20 heavy (non-hydrogen) atoms. The van der Waals surface area contributed by atoms with Crippen LogP contribution in [0.4, 0.5) is 0 Å². The van der Waals surface area contributed by atoms with Crippen LogP contribution in [0, 0.1) is 11.8 Å². The summed E-state index contributed by atoms with van der Waals surface area (Å²) < 4.78 is 2.78. The average Bonchev–Trinajstić information content (AvgIpc) is 2.64. The summed E-state index contributed by atoms with van der Waals surface area (Å²) in [5.41, 5.74) is 7.74. The van der Waals surface area contributed by atoms with Gasteiger partial charge in [-0.05, 0) is 47.2 Å². The Morgan fingerprint density at radius 2 is 2.10 bits per heavy atom. The third-order valence-corrected chi connectivity index (χ3v) is 4.44. The number of carbonyl (C=O) groups is 1. The molecule has 0 saturated heterocycles. The molecule has 1 atom stereocenters. The van der Waals surface area contributed by atoms with E-state index in [2.05, 4.69) is 41.8 Å². The third kappa shape index (κ3) is 4.70. The highest BCUT2D eigenvalue weighted by atomic mass is 79.9. The molecular formula is C15H26BrN3O. The highest BCUT2D eigenvalue weighted by Gasteiger charge is 2.19. The maximum atomic E-state index is 12.2. The summed E-state index contributed by atoms with van der Waals surface area (Å²) in [5.74, 6) is 1.11. The lowest BCUT2D eigenvalue weighted by Gasteiger charge is -2.16. The Labute approximate surface area is 130 Å². The Bertz CT molecular complexity index is 454. The molecule has 1 heterocycles. The highest BCUT2D eigenvalue weighted by molar-refractivity contribution is 9.10. The molecule has 5 heteroatoms. The monoisotopic (exact) mass is 343 g/mol. The van der Waals surface area contributed by atoms with E-state index in [9.17, 15) is 4.79 Å². The molecule has 114 valence electrons. The van der Waals surface area contributed by atoms with Crippen LogP contribution >= 0.6 is 15.9 Å². The summed E-state index contributed by atoms with van der Waals surface area (Å²) in [5, 5.41) is 4.42. The van der Waals surface area contributed by atoms with Crippen molar-refractivity contribution in [3.8, 4) is 0 Å². The van der Waals surface area contributed by atoms with E-state index < -0.39 is 0 Å². The van der Waals surface area contributed by atoms with Crippen LogP contribution in [-0.2, 0) is 24.7 Å². The fraction of sp³-hybridized carbons (Fsp3) is 0.733. The fourth-order valence-electron chi connectivity index (χ4n) is 2.52. The summed E-state index contributed by atoms with van der Waals surface area (Å²) in [6, 6.07) is 0. The van der Waals surface area contributed by atoms with Gasteiger partial charge in [0.25, 0.3) is 0 Å². The lowest BCUT2D eigenvalue weighted by atomic mass is 9.91. The van der Waals surface area contributed by atoms with Crippen LogP contribution in [0.25, 0.3) is 0 Å². The number of carbonyl (C=O) groups excluding carboxylic acids is 1. The Hall–Kier alpha value is -0.680. The number of hydrogen-bond acceptors (Lipinski definition) is 3. The molecule has 0 aliphatic heterocycles. The number of nitrogens with zero attached hydrogens (tertiary/aromatic N) is 2. The van der Waals surface area contributed by atoms with E-state index in [1.165, 1.54) is 0 Å². The first-order chi connectivity index (χ1) is 9.38. The predicted octanol–water partition coefficient (Wildman–Crippen LogP) is 2.87. The lowest BCUT2D eigenvalue weighted by Crippen LogP contribution is -2.21. The molecule has 0 aliphatic carbocycles. The van der Waals surface area contributed by atoms with Crippen LogP contribution < -0.4 is 5.73 Å². The van der Waals surface area contributed by atoms with Gasteiger partial charge in [-0.25, -0.2) is 0 Å². The van der Waals surface area contributed by atoms with Crippen molar-refractivity contribution in [3.05, 3.63) is 15.9 Å². The van der Waals surface area contributed by atoms with Crippen molar-refractivity contribution < 1.29 is 4.79 Å². The van der Waals surface area contributed by atoms with Crippen LogP contribution in [0.15, 0.2) is 4.47 Å². The Morgan fingerprint density at radius 3 is 2.55 bits per heavy atom. The quantitative estimate of drug-likeness (QED) is 0.789. The summed E-state index contributed by atoms with van der Waals surface area (Å²) in [6.45, 7) is 6.97. The standard InChI is InChI=1S/C15H26BrN3O/c1-5-13-15(16)14(19(4)18-13)8-12(20)7-11(9-17)6-10(2)3/h10-11H,5-9,17H2,1-4H3. The normalized spacial score (nSPS) is 12.9. The van der Waals surface area contributed by atoms with Gasteiger partial charge in [-0.1, -0.05) is 20.8 Å². The van der Waals surface area contributed by atoms with Crippen molar-refractivity contribution >= 4 is 21.7 Å². The van der Waals surface area contributed by atoms with Crippen LogP contribution in [0.5, 0.6) is 0 Å². The zero-order valence-electron chi connectivity index (χ0n) is 12.9. The molecule has 1 unspecified atom stereocenters. The molecule has 0 radical (unpaired) electrons. The van der Waals surface area contributed by atoms with Crippen LogP contribution in [0.1, 0.15) is 45.0 Å². The molecule has 0 saturated carbocycles. The molecule has 0 bridgehead atoms. The van der Waals surface area contributed by atoms with E-state index in [-0.39, 0.29) is 5.78 Å². The van der Waals surface area contributed by atoms with E-state index >= 15 is 0 Å².